The zero-order valence-corrected chi connectivity index (χ0v) is 14.6. The SMILES string of the molecule is C=CCOc1ccc(NC(=O)[C@@H](C)Sc2ccc(OC)cc2)cc1. The average molecular weight is 343 g/mol. The van der Waals surface area contributed by atoms with Crippen LogP contribution in [0.25, 0.3) is 0 Å². The highest BCUT2D eigenvalue weighted by Gasteiger charge is 2.14. The third-order valence-corrected chi connectivity index (χ3v) is 4.34. The summed E-state index contributed by atoms with van der Waals surface area (Å²) >= 11 is 1.50. The molecule has 4 nitrogen and oxygen atoms in total. The van der Waals surface area contributed by atoms with Gasteiger partial charge in [-0.1, -0.05) is 12.7 Å². The Balaban J connectivity index is 1.89. The van der Waals surface area contributed by atoms with E-state index in [1.165, 1.54) is 11.8 Å². The average Bonchev–Trinajstić information content (AvgIpc) is 2.61. The van der Waals surface area contributed by atoms with Crippen LogP contribution in [0, 0.1) is 0 Å². The van der Waals surface area contributed by atoms with Crippen LogP contribution in [0.5, 0.6) is 11.5 Å². The van der Waals surface area contributed by atoms with Gasteiger partial charge >= 0.3 is 0 Å². The van der Waals surface area contributed by atoms with Gasteiger partial charge in [-0.3, -0.25) is 4.79 Å². The van der Waals surface area contributed by atoms with Gasteiger partial charge in [-0.15, -0.1) is 11.8 Å². The molecule has 24 heavy (non-hydrogen) atoms. The van der Waals surface area contributed by atoms with Crippen molar-refractivity contribution in [3.8, 4) is 11.5 Å². The van der Waals surface area contributed by atoms with Gasteiger partial charge in [0, 0.05) is 10.6 Å². The van der Waals surface area contributed by atoms with Crippen molar-refractivity contribution in [1.29, 1.82) is 0 Å². The monoisotopic (exact) mass is 343 g/mol. The first-order valence-corrected chi connectivity index (χ1v) is 8.45. The van der Waals surface area contributed by atoms with E-state index in [0.29, 0.717) is 6.61 Å². The zero-order chi connectivity index (χ0) is 17.4. The molecule has 5 heteroatoms. The Morgan fingerprint density at radius 2 is 1.79 bits per heavy atom. The second-order valence-electron chi connectivity index (χ2n) is 5.05. The Hall–Kier alpha value is -2.40. The molecule has 0 spiro atoms. The maximum Gasteiger partial charge on any atom is 0.237 e. The van der Waals surface area contributed by atoms with Crippen molar-refractivity contribution in [2.45, 2.75) is 17.1 Å². The van der Waals surface area contributed by atoms with Crippen molar-refractivity contribution in [3.05, 3.63) is 61.2 Å². The summed E-state index contributed by atoms with van der Waals surface area (Å²) in [5, 5.41) is 2.69. The van der Waals surface area contributed by atoms with Crippen LogP contribution in [-0.2, 0) is 4.79 Å². The minimum atomic E-state index is -0.213. The minimum Gasteiger partial charge on any atom is -0.497 e. The summed E-state index contributed by atoms with van der Waals surface area (Å²) in [6.45, 7) is 5.95. The summed E-state index contributed by atoms with van der Waals surface area (Å²) in [6.07, 6.45) is 1.69. The Morgan fingerprint density at radius 1 is 1.17 bits per heavy atom. The van der Waals surface area contributed by atoms with Crippen molar-refractivity contribution in [1.82, 2.24) is 0 Å². The molecule has 2 aromatic carbocycles. The summed E-state index contributed by atoms with van der Waals surface area (Å²) in [5.74, 6) is 1.50. The quantitative estimate of drug-likeness (QED) is 0.571. The molecule has 0 bridgehead atoms. The molecule has 126 valence electrons. The molecule has 0 heterocycles. The first-order chi connectivity index (χ1) is 11.6. The number of carbonyl (C=O) groups is 1. The number of anilines is 1. The molecule has 1 amide bonds. The molecule has 2 aromatic rings. The largest absolute Gasteiger partial charge is 0.497 e. The highest BCUT2D eigenvalue weighted by Crippen LogP contribution is 2.26. The standard InChI is InChI=1S/C19H21NO3S/c1-4-13-23-17-7-5-15(6-8-17)20-19(21)14(2)24-18-11-9-16(22-3)10-12-18/h4-12,14H,1,13H2,2-3H3,(H,20,21)/t14-/m1/s1. The lowest BCUT2D eigenvalue weighted by molar-refractivity contribution is -0.115. The van der Waals surface area contributed by atoms with Gasteiger partial charge in [-0.2, -0.15) is 0 Å². The molecule has 0 aliphatic heterocycles. The molecule has 0 saturated carbocycles. The Labute approximate surface area is 146 Å². The van der Waals surface area contributed by atoms with Crippen LogP contribution in [0.4, 0.5) is 5.69 Å². The van der Waals surface area contributed by atoms with Crippen LogP contribution in [0.2, 0.25) is 0 Å². The summed E-state index contributed by atoms with van der Waals surface area (Å²) < 4.78 is 10.5. The van der Waals surface area contributed by atoms with Crippen molar-refractivity contribution in [3.63, 3.8) is 0 Å². The topological polar surface area (TPSA) is 47.6 Å². The Bertz CT molecular complexity index is 668. The molecule has 1 N–H and O–H groups in total. The van der Waals surface area contributed by atoms with Crippen LogP contribution in [-0.4, -0.2) is 24.9 Å². The number of methoxy groups -OCH3 is 1. The number of rotatable bonds is 8. The number of thioether (sulfide) groups is 1. The number of amides is 1. The number of hydrogen-bond acceptors (Lipinski definition) is 4. The van der Waals surface area contributed by atoms with E-state index in [0.717, 1.165) is 22.1 Å². The van der Waals surface area contributed by atoms with Crippen LogP contribution in [0.15, 0.2) is 66.1 Å². The van der Waals surface area contributed by atoms with Gasteiger partial charge in [0.2, 0.25) is 5.91 Å². The number of carbonyl (C=O) groups excluding carboxylic acids is 1. The molecular formula is C19H21NO3S. The van der Waals surface area contributed by atoms with E-state index in [9.17, 15) is 4.79 Å². The maximum absolute atomic E-state index is 12.3. The summed E-state index contributed by atoms with van der Waals surface area (Å²) in [7, 11) is 1.63. The van der Waals surface area contributed by atoms with Gasteiger partial charge in [-0.05, 0) is 55.5 Å². The molecule has 0 unspecified atom stereocenters. The second-order valence-corrected chi connectivity index (χ2v) is 6.46. The van der Waals surface area contributed by atoms with Crippen LogP contribution in [0.1, 0.15) is 6.92 Å². The molecule has 2 rings (SSSR count). The minimum absolute atomic E-state index is 0.0458. The number of ether oxygens (including phenoxy) is 2. The van der Waals surface area contributed by atoms with Gasteiger partial charge in [0.05, 0.1) is 12.4 Å². The van der Waals surface area contributed by atoms with Crippen molar-refractivity contribution in [2.24, 2.45) is 0 Å². The number of nitrogens with one attached hydrogen (secondary N) is 1. The van der Waals surface area contributed by atoms with E-state index in [1.54, 1.807) is 13.2 Å². The number of hydrogen-bond donors (Lipinski definition) is 1. The van der Waals surface area contributed by atoms with Crippen molar-refractivity contribution < 1.29 is 14.3 Å². The molecule has 0 radical (unpaired) electrons. The van der Waals surface area contributed by atoms with Crippen LogP contribution < -0.4 is 14.8 Å². The van der Waals surface area contributed by atoms with Gasteiger partial charge in [-0.25, -0.2) is 0 Å². The smallest absolute Gasteiger partial charge is 0.237 e. The van der Waals surface area contributed by atoms with Crippen molar-refractivity contribution >= 4 is 23.4 Å². The second kappa shape index (κ2) is 9.03. The third-order valence-electron chi connectivity index (χ3n) is 3.23. The molecule has 0 saturated heterocycles. The van der Waals surface area contributed by atoms with Gasteiger partial charge < -0.3 is 14.8 Å². The molecule has 0 aliphatic rings. The molecule has 0 aliphatic carbocycles. The lowest BCUT2D eigenvalue weighted by Gasteiger charge is -2.13. The van der Waals surface area contributed by atoms with E-state index < -0.39 is 0 Å². The van der Waals surface area contributed by atoms with E-state index in [2.05, 4.69) is 11.9 Å². The summed E-state index contributed by atoms with van der Waals surface area (Å²) in [5.41, 5.74) is 0.744. The van der Waals surface area contributed by atoms with E-state index in [1.807, 2.05) is 55.5 Å². The third kappa shape index (κ3) is 5.35. The first-order valence-electron chi connectivity index (χ1n) is 7.57. The van der Waals surface area contributed by atoms with Crippen LogP contribution >= 0.6 is 11.8 Å². The fourth-order valence-electron chi connectivity index (χ4n) is 1.95. The highest BCUT2D eigenvalue weighted by molar-refractivity contribution is 8.00. The van der Waals surface area contributed by atoms with Gasteiger partial charge in [0.1, 0.15) is 18.1 Å². The van der Waals surface area contributed by atoms with E-state index in [-0.39, 0.29) is 11.2 Å². The van der Waals surface area contributed by atoms with Gasteiger partial charge in [0.15, 0.2) is 0 Å². The predicted octanol–water partition coefficient (Wildman–Crippen LogP) is 4.38. The fraction of sp³-hybridized carbons (Fsp3) is 0.211. The predicted molar refractivity (Wildman–Crippen MR) is 99.1 cm³/mol. The summed E-state index contributed by atoms with van der Waals surface area (Å²) in [6, 6.07) is 14.9. The molecule has 0 aromatic heterocycles. The Morgan fingerprint density at radius 3 is 2.38 bits per heavy atom. The molecule has 0 fully saturated rings. The highest BCUT2D eigenvalue weighted by atomic mass is 32.2. The number of benzene rings is 2. The fourth-order valence-corrected chi connectivity index (χ4v) is 2.81. The Kier molecular flexibility index (Phi) is 6.75. The maximum atomic E-state index is 12.3. The van der Waals surface area contributed by atoms with Crippen molar-refractivity contribution in [2.75, 3.05) is 19.0 Å². The molecular weight excluding hydrogens is 322 g/mol. The van der Waals surface area contributed by atoms with E-state index in [4.69, 9.17) is 9.47 Å². The summed E-state index contributed by atoms with van der Waals surface area (Å²) in [4.78, 5) is 13.3. The lowest BCUT2D eigenvalue weighted by Crippen LogP contribution is -2.22. The first kappa shape index (κ1) is 17.9. The molecule has 1 atom stereocenters. The lowest BCUT2D eigenvalue weighted by atomic mass is 10.3. The zero-order valence-electron chi connectivity index (χ0n) is 13.8. The normalized spacial score (nSPS) is 11.4. The van der Waals surface area contributed by atoms with Crippen LogP contribution in [0.3, 0.4) is 0 Å². The van der Waals surface area contributed by atoms with Gasteiger partial charge in [0.25, 0.3) is 0 Å². The van der Waals surface area contributed by atoms with E-state index >= 15 is 0 Å².